The number of hydrogen-bond donors (Lipinski definition) is 0. The van der Waals surface area contributed by atoms with Gasteiger partial charge in [0, 0.05) is 23.0 Å². The highest BCUT2D eigenvalue weighted by molar-refractivity contribution is 8.03. The Morgan fingerprint density at radius 1 is 0.762 bits per heavy atom. The Labute approximate surface area is 140 Å². The maximum Gasteiger partial charge on any atom is 0.199 e. The third-order valence-electron chi connectivity index (χ3n) is 4.31. The molecular weight excluding hydrogens is 312 g/mol. The van der Waals surface area contributed by atoms with Crippen LogP contribution in [0.4, 0.5) is 0 Å². The minimum Gasteiger partial charge on any atom is -0.416 e. The summed E-state index contributed by atoms with van der Waals surface area (Å²) in [7, 11) is -3.19. The van der Waals surface area contributed by atoms with Gasteiger partial charge in [0.15, 0.2) is 16.6 Å². The second kappa shape index (κ2) is 10.5. The van der Waals surface area contributed by atoms with Gasteiger partial charge in [-0.05, 0) is 39.0 Å². The van der Waals surface area contributed by atoms with Crippen molar-refractivity contribution in [1.29, 1.82) is 0 Å². The monoisotopic (exact) mass is 350 g/mol. The molecule has 0 N–H and O–H groups in total. The first-order valence-corrected chi connectivity index (χ1v) is 15.5. The number of hydrogen-bond acceptors (Lipinski definition) is 3. The molecule has 21 heavy (non-hydrogen) atoms. The molecular formula is C16H38O2SSi2. The second-order valence-electron chi connectivity index (χ2n) is 7.03. The molecule has 0 aliphatic rings. The molecule has 0 aliphatic heterocycles. The topological polar surface area (TPSA) is 18.5 Å². The lowest BCUT2D eigenvalue weighted by Crippen LogP contribution is -2.47. The Bertz CT molecular complexity index is 247. The van der Waals surface area contributed by atoms with E-state index in [9.17, 15) is 0 Å². The van der Waals surface area contributed by atoms with Gasteiger partial charge in [0.05, 0.1) is 0 Å². The first-order chi connectivity index (χ1) is 9.67. The highest BCUT2D eigenvalue weighted by atomic mass is 32.2. The average molecular weight is 351 g/mol. The van der Waals surface area contributed by atoms with Crippen molar-refractivity contribution < 1.29 is 8.85 Å². The second-order valence-corrected chi connectivity index (χ2v) is 18.3. The third-order valence-corrected chi connectivity index (χ3v) is 15.2. The summed E-state index contributed by atoms with van der Waals surface area (Å²) in [5.41, 5.74) is 0. The van der Waals surface area contributed by atoms with E-state index in [0.717, 1.165) is 13.2 Å². The summed E-state index contributed by atoms with van der Waals surface area (Å²) in [5.74, 6) is 0. The van der Waals surface area contributed by atoms with E-state index in [0.29, 0.717) is 9.75 Å². The molecule has 0 heterocycles. The summed E-state index contributed by atoms with van der Waals surface area (Å²) in [6, 6.07) is 0. The van der Waals surface area contributed by atoms with E-state index < -0.39 is 16.6 Å². The van der Waals surface area contributed by atoms with Crippen LogP contribution in [0.5, 0.6) is 0 Å². The van der Waals surface area contributed by atoms with Crippen LogP contribution in [0.2, 0.25) is 26.2 Å². The van der Waals surface area contributed by atoms with Crippen LogP contribution < -0.4 is 0 Å². The number of thioether (sulfide) groups is 1. The third kappa shape index (κ3) is 8.79. The van der Waals surface area contributed by atoms with Gasteiger partial charge in [-0.3, -0.25) is 0 Å². The molecule has 0 rings (SSSR count). The summed E-state index contributed by atoms with van der Waals surface area (Å²) < 4.78 is 12.5. The summed E-state index contributed by atoms with van der Waals surface area (Å²) in [6.07, 6.45) is 4.80. The fourth-order valence-electron chi connectivity index (χ4n) is 1.83. The minimum atomic E-state index is -1.59. The molecule has 0 amide bonds. The lowest BCUT2D eigenvalue weighted by atomic mass is 10.4. The molecule has 0 radical (unpaired) electrons. The highest BCUT2D eigenvalue weighted by Gasteiger charge is 2.37. The maximum atomic E-state index is 6.24. The largest absolute Gasteiger partial charge is 0.416 e. The fourth-order valence-corrected chi connectivity index (χ4v) is 8.91. The first-order valence-electron chi connectivity index (χ1n) is 8.60. The Kier molecular flexibility index (Phi) is 10.8. The lowest BCUT2D eigenvalue weighted by molar-refractivity contribution is 0.297. The molecule has 0 saturated carbocycles. The van der Waals surface area contributed by atoms with Crippen LogP contribution in [-0.2, 0) is 8.85 Å². The van der Waals surface area contributed by atoms with Gasteiger partial charge in [-0.1, -0.05) is 40.5 Å². The van der Waals surface area contributed by atoms with Gasteiger partial charge >= 0.3 is 0 Å². The van der Waals surface area contributed by atoms with Crippen molar-refractivity contribution in [2.24, 2.45) is 0 Å². The van der Waals surface area contributed by atoms with Gasteiger partial charge in [-0.15, -0.1) is 0 Å². The Hall–Kier alpha value is 0.704. The molecule has 0 aliphatic carbocycles. The highest BCUT2D eigenvalue weighted by Crippen LogP contribution is 2.32. The van der Waals surface area contributed by atoms with E-state index in [1.165, 1.54) is 25.7 Å². The molecule has 128 valence electrons. The van der Waals surface area contributed by atoms with Crippen LogP contribution in [-0.4, -0.2) is 39.6 Å². The van der Waals surface area contributed by atoms with E-state index in [1.54, 1.807) is 0 Å². The van der Waals surface area contributed by atoms with E-state index in [-0.39, 0.29) is 0 Å². The summed E-state index contributed by atoms with van der Waals surface area (Å²) >= 11 is 2.10. The molecule has 2 nitrogen and oxygen atoms in total. The van der Waals surface area contributed by atoms with Gasteiger partial charge in [-0.25, -0.2) is 0 Å². The molecule has 0 saturated heterocycles. The molecule has 0 aromatic carbocycles. The van der Waals surface area contributed by atoms with Crippen molar-refractivity contribution >= 4 is 28.4 Å². The molecule has 0 aromatic rings. The van der Waals surface area contributed by atoms with Gasteiger partial charge < -0.3 is 8.85 Å². The summed E-state index contributed by atoms with van der Waals surface area (Å²) in [4.78, 5) is 1.23. The summed E-state index contributed by atoms with van der Waals surface area (Å²) in [5, 5.41) is 0. The van der Waals surface area contributed by atoms with Crippen LogP contribution in [0.1, 0.15) is 53.4 Å². The predicted molar refractivity (Wildman–Crippen MR) is 103 cm³/mol. The van der Waals surface area contributed by atoms with Crippen molar-refractivity contribution in [3.8, 4) is 0 Å². The van der Waals surface area contributed by atoms with Crippen molar-refractivity contribution in [2.75, 3.05) is 13.2 Å². The van der Waals surface area contributed by atoms with Gasteiger partial charge in [0.2, 0.25) is 0 Å². The van der Waals surface area contributed by atoms with Crippen molar-refractivity contribution in [2.45, 2.75) is 89.3 Å². The Balaban J connectivity index is 4.35. The Morgan fingerprint density at radius 3 is 1.38 bits per heavy atom. The van der Waals surface area contributed by atoms with Crippen LogP contribution in [0.25, 0.3) is 0 Å². The zero-order valence-electron chi connectivity index (χ0n) is 15.6. The Morgan fingerprint density at radius 2 is 1.10 bits per heavy atom. The van der Waals surface area contributed by atoms with E-state index in [1.807, 2.05) is 0 Å². The standard InChI is InChI=1S/C16H38O2SSi2/c1-9-11-13-17-20(5,6)15(3)19-16(4)21(7,8)18-14-12-10-2/h15-16H,9-14H2,1-8H3. The van der Waals surface area contributed by atoms with Crippen LogP contribution in [0.15, 0.2) is 0 Å². The van der Waals surface area contributed by atoms with Crippen molar-refractivity contribution in [3.05, 3.63) is 0 Å². The first kappa shape index (κ1) is 21.7. The van der Waals surface area contributed by atoms with E-state index >= 15 is 0 Å². The van der Waals surface area contributed by atoms with Crippen LogP contribution in [0, 0.1) is 0 Å². The molecule has 0 bridgehead atoms. The van der Waals surface area contributed by atoms with E-state index in [2.05, 4.69) is 65.6 Å². The molecule has 2 unspecified atom stereocenters. The zero-order chi connectivity index (χ0) is 16.5. The average Bonchev–Trinajstić information content (AvgIpc) is 2.38. The van der Waals surface area contributed by atoms with Gasteiger partial charge in [-0.2, -0.15) is 11.8 Å². The number of rotatable bonds is 12. The molecule has 5 heteroatoms. The quantitative estimate of drug-likeness (QED) is 0.336. The van der Waals surface area contributed by atoms with Crippen molar-refractivity contribution in [1.82, 2.24) is 0 Å². The van der Waals surface area contributed by atoms with Gasteiger partial charge in [0.1, 0.15) is 0 Å². The predicted octanol–water partition coefficient (Wildman–Crippen LogP) is 5.62. The molecule has 0 fully saturated rings. The molecule has 0 aromatic heterocycles. The maximum absolute atomic E-state index is 6.24. The fraction of sp³-hybridized carbons (Fsp3) is 1.00. The zero-order valence-corrected chi connectivity index (χ0v) is 18.4. The molecule has 2 atom stereocenters. The van der Waals surface area contributed by atoms with Crippen LogP contribution in [0.3, 0.4) is 0 Å². The van der Waals surface area contributed by atoms with Crippen molar-refractivity contribution in [3.63, 3.8) is 0 Å². The minimum absolute atomic E-state index is 0.617. The van der Waals surface area contributed by atoms with Gasteiger partial charge in [0.25, 0.3) is 0 Å². The lowest BCUT2D eigenvalue weighted by Gasteiger charge is -2.35. The summed E-state index contributed by atoms with van der Waals surface area (Å²) in [6.45, 7) is 20.5. The SMILES string of the molecule is CCCCO[Si](C)(C)C(C)SC(C)[Si](C)(C)OCCCC. The normalized spacial score (nSPS) is 16.0. The number of unbranched alkanes of at least 4 members (excludes halogenated alkanes) is 2. The molecule has 0 spiro atoms. The van der Waals surface area contributed by atoms with E-state index in [4.69, 9.17) is 8.85 Å². The van der Waals surface area contributed by atoms with Crippen LogP contribution >= 0.6 is 11.8 Å². The smallest absolute Gasteiger partial charge is 0.199 e.